The van der Waals surface area contributed by atoms with Crippen molar-refractivity contribution in [3.63, 3.8) is 0 Å². The Kier molecular flexibility index (Phi) is 8.88. The molecule has 4 rings (SSSR count). The van der Waals surface area contributed by atoms with Crippen LogP contribution in [0.5, 0.6) is 0 Å². The molecule has 210 valence electrons. The molecule has 3 fully saturated rings. The van der Waals surface area contributed by atoms with Gasteiger partial charge >= 0.3 is 5.97 Å². The van der Waals surface area contributed by atoms with Gasteiger partial charge in [-0.25, -0.2) is 8.42 Å². The Labute approximate surface area is 237 Å². The zero-order valence-corrected chi connectivity index (χ0v) is 24.7. The average Bonchev–Trinajstić information content (AvgIpc) is 3.39. The van der Waals surface area contributed by atoms with Gasteiger partial charge in [0.2, 0.25) is 0 Å². The van der Waals surface area contributed by atoms with E-state index in [1.54, 1.807) is 24.5 Å². The Bertz CT molecular complexity index is 1430. The van der Waals surface area contributed by atoms with Gasteiger partial charge < -0.3 is 9.64 Å². The smallest absolute Gasteiger partial charge is 0.309 e. The van der Waals surface area contributed by atoms with Gasteiger partial charge in [0.1, 0.15) is 21.8 Å². The number of carbonyl (C=O) groups excluding carboxylic acids is 2. The summed E-state index contributed by atoms with van der Waals surface area (Å²) in [5, 5.41) is 9.85. The molecule has 1 atom stereocenters. The van der Waals surface area contributed by atoms with E-state index in [-0.39, 0.29) is 40.4 Å². The van der Waals surface area contributed by atoms with Crippen LogP contribution in [-0.2, 0) is 30.7 Å². The molecule has 1 aromatic heterocycles. The third-order valence-corrected chi connectivity index (χ3v) is 10.5. The molecule has 13 heteroatoms. The van der Waals surface area contributed by atoms with Gasteiger partial charge in [0, 0.05) is 25.2 Å². The van der Waals surface area contributed by atoms with Crippen LogP contribution in [0.2, 0.25) is 0 Å². The number of nitriles is 1. The van der Waals surface area contributed by atoms with Gasteiger partial charge in [0.15, 0.2) is 9.84 Å². The first kappa shape index (κ1) is 29.3. The van der Waals surface area contributed by atoms with E-state index >= 15 is 0 Å². The average molecular weight is 593 g/mol. The monoisotopic (exact) mass is 592 g/mol. The minimum atomic E-state index is -3.22. The molecule has 0 N–H and O–H groups in total. The van der Waals surface area contributed by atoms with E-state index in [1.165, 1.54) is 4.90 Å². The summed E-state index contributed by atoms with van der Waals surface area (Å²) in [6.45, 7) is 7.11. The van der Waals surface area contributed by atoms with Crippen molar-refractivity contribution in [2.24, 2.45) is 5.92 Å². The van der Waals surface area contributed by atoms with Crippen molar-refractivity contribution in [1.82, 2.24) is 9.47 Å². The largest absolute Gasteiger partial charge is 0.466 e. The summed E-state index contributed by atoms with van der Waals surface area (Å²) in [6, 6.07) is 1.54. The zero-order valence-electron chi connectivity index (χ0n) is 22.3. The number of piperidine rings is 1. The van der Waals surface area contributed by atoms with Crippen molar-refractivity contribution in [3.8, 4) is 6.07 Å². The minimum Gasteiger partial charge on any atom is -0.466 e. The van der Waals surface area contributed by atoms with E-state index in [0.717, 1.165) is 11.8 Å². The highest BCUT2D eigenvalue weighted by molar-refractivity contribution is 8.26. The van der Waals surface area contributed by atoms with Gasteiger partial charge in [-0.05, 0) is 51.2 Å². The van der Waals surface area contributed by atoms with E-state index in [4.69, 9.17) is 17.0 Å². The lowest BCUT2D eigenvalue weighted by atomic mass is 9.95. The number of thioether (sulfide) groups is 1. The highest BCUT2D eigenvalue weighted by Crippen LogP contribution is 2.39. The van der Waals surface area contributed by atoms with Crippen LogP contribution >= 0.6 is 24.0 Å². The SMILES string of the molecule is CCCn1c(N2CCC(C(=O)OCC)CC2)c(/C=C2/SC(=S)N(C3CCS(=O)(=O)C3)C2=O)c(C)c(C#N)c1=O. The van der Waals surface area contributed by atoms with Crippen LogP contribution in [-0.4, -0.2) is 71.3 Å². The van der Waals surface area contributed by atoms with Crippen LogP contribution in [0.4, 0.5) is 5.82 Å². The predicted octanol–water partition coefficient (Wildman–Crippen LogP) is 2.61. The quantitative estimate of drug-likeness (QED) is 0.265. The summed E-state index contributed by atoms with van der Waals surface area (Å²) < 4.78 is 31.2. The van der Waals surface area contributed by atoms with Crippen molar-refractivity contribution >= 4 is 61.9 Å². The highest BCUT2D eigenvalue weighted by Gasteiger charge is 2.42. The van der Waals surface area contributed by atoms with E-state index in [9.17, 15) is 28.1 Å². The second-order valence-electron chi connectivity index (χ2n) is 9.93. The van der Waals surface area contributed by atoms with E-state index in [2.05, 4.69) is 0 Å². The maximum absolute atomic E-state index is 13.5. The lowest BCUT2D eigenvalue weighted by molar-refractivity contribution is -0.148. The molecule has 1 amide bonds. The van der Waals surface area contributed by atoms with Gasteiger partial charge in [0.25, 0.3) is 11.5 Å². The Morgan fingerprint density at radius 1 is 1.23 bits per heavy atom. The number of hydrogen-bond donors (Lipinski definition) is 0. The molecule has 0 saturated carbocycles. The van der Waals surface area contributed by atoms with Crippen molar-refractivity contribution in [1.29, 1.82) is 5.26 Å². The van der Waals surface area contributed by atoms with E-state index < -0.39 is 15.9 Å². The lowest BCUT2D eigenvalue weighted by Gasteiger charge is -2.35. The first-order valence-electron chi connectivity index (χ1n) is 13.1. The number of amides is 1. The van der Waals surface area contributed by atoms with Crippen LogP contribution in [0.25, 0.3) is 6.08 Å². The maximum atomic E-state index is 13.5. The molecule has 0 bridgehead atoms. The Morgan fingerprint density at radius 3 is 2.49 bits per heavy atom. The summed E-state index contributed by atoms with van der Waals surface area (Å²) in [6.07, 6.45) is 3.77. The number of hydrogen-bond acceptors (Lipinski definition) is 10. The summed E-state index contributed by atoms with van der Waals surface area (Å²) in [5.41, 5.74) is 0.664. The molecular weight excluding hydrogens is 561 g/mol. The highest BCUT2D eigenvalue weighted by atomic mass is 32.2. The number of nitrogens with zero attached hydrogens (tertiary/aromatic N) is 4. The molecule has 0 aromatic carbocycles. The van der Waals surface area contributed by atoms with Gasteiger partial charge in [-0.1, -0.05) is 30.9 Å². The van der Waals surface area contributed by atoms with E-state index in [0.29, 0.717) is 78.1 Å². The van der Waals surface area contributed by atoms with Gasteiger partial charge in [-0.3, -0.25) is 23.9 Å². The number of thiocarbonyl (C=S) groups is 1. The lowest BCUT2D eigenvalue weighted by Crippen LogP contribution is -2.41. The molecule has 0 spiro atoms. The molecule has 1 aromatic rings. The van der Waals surface area contributed by atoms with Crippen molar-refractivity contribution < 1.29 is 22.7 Å². The second kappa shape index (κ2) is 11.8. The minimum absolute atomic E-state index is 0.0113. The van der Waals surface area contributed by atoms with Gasteiger partial charge in [-0.15, -0.1) is 0 Å². The molecule has 0 radical (unpaired) electrons. The zero-order chi connectivity index (χ0) is 28.5. The fourth-order valence-electron chi connectivity index (χ4n) is 5.41. The Hall–Kier alpha value is -2.69. The van der Waals surface area contributed by atoms with Crippen LogP contribution in [0.15, 0.2) is 9.70 Å². The third kappa shape index (κ3) is 5.78. The molecule has 3 saturated heterocycles. The summed E-state index contributed by atoms with van der Waals surface area (Å²) in [5.74, 6) is -0.315. The van der Waals surface area contributed by atoms with Crippen molar-refractivity contribution in [2.45, 2.75) is 59.0 Å². The van der Waals surface area contributed by atoms with Crippen LogP contribution in [0, 0.1) is 24.2 Å². The van der Waals surface area contributed by atoms with Crippen LogP contribution < -0.4 is 10.5 Å². The Balaban J connectivity index is 1.77. The number of aromatic nitrogens is 1. The first-order valence-corrected chi connectivity index (χ1v) is 16.1. The predicted molar refractivity (Wildman–Crippen MR) is 154 cm³/mol. The van der Waals surface area contributed by atoms with Crippen molar-refractivity contribution in [3.05, 3.63) is 31.9 Å². The number of sulfone groups is 1. The van der Waals surface area contributed by atoms with E-state index in [1.807, 2.05) is 17.9 Å². The summed E-state index contributed by atoms with van der Waals surface area (Å²) >= 11 is 6.58. The van der Waals surface area contributed by atoms with Crippen molar-refractivity contribution in [2.75, 3.05) is 36.1 Å². The number of carbonyl (C=O) groups is 2. The first-order chi connectivity index (χ1) is 18.5. The van der Waals surface area contributed by atoms with Crippen LogP contribution in [0.3, 0.4) is 0 Å². The third-order valence-electron chi connectivity index (χ3n) is 7.38. The second-order valence-corrected chi connectivity index (χ2v) is 13.8. The fourth-order valence-corrected chi connectivity index (χ4v) is 8.49. The Morgan fingerprint density at radius 2 is 1.92 bits per heavy atom. The molecule has 3 aliphatic rings. The number of rotatable bonds is 7. The number of ether oxygens (including phenoxy) is 1. The molecule has 4 heterocycles. The molecule has 1 unspecified atom stereocenters. The van der Waals surface area contributed by atoms with Gasteiger partial charge in [-0.2, -0.15) is 5.26 Å². The number of esters is 1. The fraction of sp³-hybridized carbons (Fsp3) is 0.577. The topological polar surface area (TPSA) is 130 Å². The molecular formula is C26H32N4O6S3. The van der Waals surface area contributed by atoms with Gasteiger partial charge in [0.05, 0.1) is 35.0 Å². The molecule has 39 heavy (non-hydrogen) atoms. The summed E-state index contributed by atoms with van der Waals surface area (Å²) in [4.78, 5) is 42.9. The molecule has 0 aliphatic carbocycles. The number of pyridine rings is 1. The number of anilines is 1. The van der Waals surface area contributed by atoms with Crippen LogP contribution in [0.1, 0.15) is 56.2 Å². The summed E-state index contributed by atoms with van der Waals surface area (Å²) in [7, 11) is -3.22. The standard InChI is InChI=1S/C26H32N4O6S3/c1-4-9-29-22(28-10-6-17(7-11-28)25(33)36-5-2)19(16(3)20(14-27)23(29)31)13-21-24(32)30(26(37)38-21)18-8-12-39(34,35)15-18/h13,17-18H,4-12,15H2,1-3H3/b21-13+. The maximum Gasteiger partial charge on any atom is 0.309 e. The molecule has 3 aliphatic heterocycles. The normalized spacial score (nSPS) is 22.5. The molecule has 10 nitrogen and oxygen atoms in total.